The van der Waals surface area contributed by atoms with Crippen LogP contribution in [0.4, 0.5) is 0 Å². The Labute approximate surface area is 133 Å². The van der Waals surface area contributed by atoms with Gasteiger partial charge in [-0.1, -0.05) is 13.8 Å². The molecule has 2 aromatic heterocycles. The molecule has 0 saturated carbocycles. The van der Waals surface area contributed by atoms with Gasteiger partial charge in [-0.2, -0.15) is 5.10 Å². The molecule has 2 rings (SSSR count). The molecule has 0 aliphatic carbocycles. The van der Waals surface area contributed by atoms with Crippen LogP contribution in [0.25, 0.3) is 0 Å². The van der Waals surface area contributed by atoms with E-state index < -0.39 is 0 Å². The first-order valence-electron chi connectivity index (χ1n) is 7.13. The number of hydrogen-bond acceptors (Lipinski definition) is 3. The van der Waals surface area contributed by atoms with E-state index in [2.05, 4.69) is 63.5 Å². The van der Waals surface area contributed by atoms with E-state index in [1.807, 2.05) is 7.05 Å². The van der Waals surface area contributed by atoms with Crippen LogP contribution < -0.4 is 5.32 Å². The van der Waals surface area contributed by atoms with Gasteiger partial charge in [0.15, 0.2) is 0 Å². The maximum Gasteiger partial charge on any atom is 0.0644 e. The summed E-state index contributed by atoms with van der Waals surface area (Å²) in [6.07, 6.45) is 5.30. The number of thiophene rings is 1. The summed E-state index contributed by atoms with van der Waals surface area (Å²) < 4.78 is 3.27. The van der Waals surface area contributed by atoms with E-state index in [-0.39, 0.29) is 0 Å². The van der Waals surface area contributed by atoms with Gasteiger partial charge in [0.25, 0.3) is 0 Å². The van der Waals surface area contributed by atoms with Gasteiger partial charge in [-0.15, -0.1) is 11.3 Å². The van der Waals surface area contributed by atoms with E-state index in [1.165, 1.54) is 4.88 Å². The van der Waals surface area contributed by atoms with Gasteiger partial charge < -0.3 is 5.32 Å². The Morgan fingerprint density at radius 3 is 2.70 bits per heavy atom. The van der Waals surface area contributed by atoms with Crippen molar-refractivity contribution >= 4 is 27.3 Å². The minimum absolute atomic E-state index is 0.330. The second kappa shape index (κ2) is 7.38. The zero-order valence-electron chi connectivity index (χ0n) is 12.3. The van der Waals surface area contributed by atoms with Gasteiger partial charge in [-0.25, -0.2) is 0 Å². The molecule has 5 heteroatoms. The van der Waals surface area contributed by atoms with Gasteiger partial charge in [0.2, 0.25) is 0 Å². The minimum Gasteiger partial charge on any atom is -0.312 e. The number of rotatable bonds is 7. The highest BCUT2D eigenvalue weighted by Crippen LogP contribution is 2.27. The Hall–Kier alpha value is -0.650. The van der Waals surface area contributed by atoms with Gasteiger partial charge in [0, 0.05) is 33.4 Å². The highest BCUT2D eigenvalue weighted by atomic mass is 79.9. The van der Waals surface area contributed by atoms with Gasteiger partial charge in [-0.3, -0.25) is 4.68 Å². The quantitative estimate of drug-likeness (QED) is 0.788. The first kappa shape index (κ1) is 15.7. The number of halogens is 1. The van der Waals surface area contributed by atoms with Crippen LogP contribution in [0.5, 0.6) is 0 Å². The molecule has 1 atom stereocenters. The molecular weight excluding hydrogens is 334 g/mol. The smallest absolute Gasteiger partial charge is 0.0644 e. The molecule has 0 bridgehead atoms. The molecule has 0 spiro atoms. The molecule has 3 nitrogen and oxygen atoms in total. The molecular formula is C15H22BrN3S. The standard InChI is InChI=1S/C15H22BrN3S/c1-4-13(5-2)19-7-6-12(18-19)9-14(17-3)15-8-11(16)10-20-15/h6-8,10,13-14,17H,4-5,9H2,1-3H3. The molecule has 0 amide bonds. The van der Waals surface area contributed by atoms with Crippen LogP contribution in [0.1, 0.15) is 49.3 Å². The lowest BCUT2D eigenvalue weighted by Gasteiger charge is -2.14. The number of aromatic nitrogens is 2. The van der Waals surface area contributed by atoms with Crippen LogP contribution in [0, 0.1) is 0 Å². The normalized spacial score (nSPS) is 13.1. The van der Waals surface area contributed by atoms with Crippen molar-refractivity contribution in [3.63, 3.8) is 0 Å². The molecule has 0 aromatic carbocycles. The van der Waals surface area contributed by atoms with Crippen molar-refractivity contribution in [3.05, 3.63) is 38.8 Å². The molecule has 0 aliphatic rings. The Morgan fingerprint density at radius 1 is 1.40 bits per heavy atom. The van der Waals surface area contributed by atoms with E-state index in [1.54, 1.807) is 11.3 Å². The molecule has 1 unspecified atom stereocenters. The number of hydrogen-bond donors (Lipinski definition) is 1. The predicted molar refractivity (Wildman–Crippen MR) is 89.4 cm³/mol. The minimum atomic E-state index is 0.330. The van der Waals surface area contributed by atoms with E-state index in [0.717, 1.165) is 29.4 Å². The first-order chi connectivity index (χ1) is 9.67. The molecule has 0 radical (unpaired) electrons. The molecule has 0 fully saturated rings. The average molecular weight is 356 g/mol. The van der Waals surface area contributed by atoms with E-state index in [0.29, 0.717) is 12.1 Å². The topological polar surface area (TPSA) is 29.9 Å². The van der Waals surface area contributed by atoms with Crippen molar-refractivity contribution in [2.75, 3.05) is 7.05 Å². The van der Waals surface area contributed by atoms with Crippen LogP contribution in [0.15, 0.2) is 28.2 Å². The van der Waals surface area contributed by atoms with Gasteiger partial charge in [0.05, 0.1) is 11.7 Å². The van der Waals surface area contributed by atoms with Crippen molar-refractivity contribution in [2.24, 2.45) is 0 Å². The molecule has 2 aromatic rings. The fourth-order valence-electron chi connectivity index (χ4n) is 2.42. The van der Waals surface area contributed by atoms with Crippen LogP contribution >= 0.6 is 27.3 Å². The zero-order valence-corrected chi connectivity index (χ0v) is 14.7. The summed E-state index contributed by atoms with van der Waals surface area (Å²) in [6, 6.07) is 5.18. The molecule has 2 heterocycles. The zero-order chi connectivity index (χ0) is 14.5. The fraction of sp³-hybridized carbons (Fsp3) is 0.533. The van der Waals surface area contributed by atoms with Crippen LogP contribution in [0.2, 0.25) is 0 Å². The maximum absolute atomic E-state index is 4.74. The first-order valence-corrected chi connectivity index (χ1v) is 8.80. The predicted octanol–water partition coefficient (Wildman–Crippen LogP) is 4.57. The third-order valence-electron chi connectivity index (χ3n) is 3.67. The summed E-state index contributed by atoms with van der Waals surface area (Å²) in [6.45, 7) is 4.43. The number of nitrogens with one attached hydrogen (secondary N) is 1. The van der Waals surface area contributed by atoms with Gasteiger partial charge in [0.1, 0.15) is 0 Å². The summed E-state index contributed by atoms with van der Waals surface area (Å²) in [5.74, 6) is 0. The Morgan fingerprint density at radius 2 is 2.15 bits per heavy atom. The monoisotopic (exact) mass is 355 g/mol. The van der Waals surface area contributed by atoms with E-state index >= 15 is 0 Å². The molecule has 1 N–H and O–H groups in total. The second-order valence-electron chi connectivity index (χ2n) is 4.97. The van der Waals surface area contributed by atoms with Crippen molar-refractivity contribution in [1.82, 2.24) is 15.1 Å². The van der Waals surface area contributed by atoms with E-state index in [9.17, 15) is 0 Å². The lowest BCUT2D eigenvalue weighted by Crippen LogP contribution is -2.18. The van der Waals surface area contributed by atoms with Crippen molar-refractivity contribution in [1.29, 1.82) is 0 Å². The maximum atomic E-state index is 4.74. The number of likely N-dealkylation sites (N-methyl/N-ethyl adjacent to an activating group) is 1. The lowest BCUT2D eigenvalue weighted by atomic mass is 10.1. The van der Waals surface area contributed by atoms with Gasteiger partial charge in [-0.05, 0) is 48.0 Å². The number of nitrogens with zero attached hydrogens (tertiary/aromatic N) is 2. The summed E-state index contributed by atoms with van der Waals surface area (Å²) in [5.41, 5.74) is 1.15. The molecule has 0 saturated heterocycles. The third kappa shape index (κ3) is 3.71. The van der Waals surface area contributed by atoms with Crippen molar-refractivity contribution < 1.29 is 0 Å². The summed E-state index contributed by atoms with van der Waals surface area (Å²) in [4.78, 5) is 1.34. The highest BCUT2D eigenvalue weighted by Gasteiger charge is 2.15. The van der Waals surface area contributed by atoms with Crippen LogP contribution in [0.3, 0.4) is 0 Å². The summed E-state index contributed by atoms with van der Waals surface area (Å²) >= 11 is 5.30. The SMILES string of the molecule is CCC(CC)n1ccc(CC(NC)c2cc(Br)cs2)n1. The molecule has 0 aliphatic heterocycles. The fourth-order valence-corrected chi connectivity index (χ4v) is 3.97. The summed E-state index contributed by atoms with van der Waals surface area (Å²) in [5, 5.41) is 10.3. The molecule has 20 heavy (non-hydrogen) atoms. The Balaban J connectivity index is 2.08. The largest absolute Gasteiger partial charge is 0.312 e. The van der Waals surface area contributed by atoms with Crippen LogP contribution in [-0.4, -0.2) is 16.8 Å². The summed E-state index contributed by atoms with van der Waals surface area (Å²) in [7, 11) is 2.01. The lowest BCUT2D eigenvalue weighted by molar-refractivity contribution is 0.423. The average Bonchev–Trinajstić information content (AvgIpc) is 3.07. The third-order valence-corrected chi connectivity index (χ3v) is 5.48. The van der Waals surface area contributed by atoms with Gasteiger partial charge >= 0.3 is 0 Å². The second-order valence-corrected chi connectivity index (χ2v) is 6.83. The molecule has 110 valence electrons. The highest BCUT2D eigenvalue weighted by molar-refractivity contribution is 9.10. The van der Waals surface area contributed by atoms with E-state index in [4.69, 9.17) is 5.10 Å². The Bertz CT molecular complexity index is 531. The van der Waals surface area contributed by atoms with Crippen LogP contribution in [-0.2, 0) is 6.42 Å². The van der Waals surface area contributed by atoms with Crippen molar-refractivity contribution in [2.45, 2.75) is 45.2 Å². The Kier molecular flexibility index (Phi) is 5.81. The van der Waals surface area contributed by atoms with Crippen molar-refractivity contribution in [3.8, 4) is 0 Å².